The van der Waals surface area contributed by atoms with Crippen molar-refractivity contribution in [2.24, 2.45) is 5.41 Å². The number of nitrogens with one attached hydrogen (secondary N) is 1. The van der Waals surface area contributed by atoms with E-state index in [4.69, 9.17) is 0 Å². The predicted molar refractivity (Wildman–Crippen MR) is 88.9 cm³/mol. The molecule has 0 radical (unpaired) electrons. The van der Waals surface area contributed by atoms with Crippen molar-refractivity contribution in [3.8, 4) is 0 Å². The molecule has 0 aromatic carbocycles. The Hall–Kier alpha value is -1.36. The predicted octanol–water partition coefficient (Wildman–Crippen LogP) is 2.47. The molecule has 1 N–H and O–H groups in total. The van der Waals surface area contributed by atoms with Gasteiger partial charge in [0.15, 0.2) is 0 Å². The molecule has 1 saturated heterocycles. The van der Waals surface area contributed by atoms with Gasteiger partial charge in [-0.2, -0.15) is 0 Å². The third-order valence-electron chi connectivity index (χ3n) is 4.05. The Morgan fingerprint density at radius 2 is 2.10 bits per heavy atom. The minimum Gasteiger partial charge on any atom is -0.370 e. The summed E-state index contributed by atoms with van der Waals surface area (Å²) in [7, 11) is 4.29. The van der Waals surface area contributed by atoms with Gasteiger partial charge in [0, 0.05) is 31.7 Å². The molecule has 0 bridgehead atoms. The molecule has 118 valence electrons. The Bertz CT molecular complexity index is 452. The second kappa shape index (κ2) is 6.60. The summed E-state index contributed by atoms with van der Waals surface area (Å²) in [6.07, 6.45) is 3.99. The van der Waals surface area contributed by atoms with Crippen LogP contribution in [0.25, 0.3) is 0 Å². The lowest BCUT2D eigenvalue weighted by Crippen LogP contribution is -2.31. The Morgan fingerprint density at radius 3 is 2.71 bits per heavy atom. The fraction of sp³-hybridized carbons (Fsp3) is 0.750. The largest absolute Gasteiger partial charge is 0.370 e. The third-order valence-corrected chi connectivity index (χ3v) is 4.05. The first-order valence-electron chi connectivity index (χ1n) is 7.82. The quantitative estimate of drug-likeness (QED) is 0.903. The zero-order valence-electron chi connectivity index (χ0n) is 14.1. The van der Waals surface area contributed by atoms with E-state index in [1.165, 1.54) is 6.42 Å². The molecule has 2 heterocycles. The molecule has 0 amide bonds. The van der Waals surface area contributed by atoms with Crippen molar-refractivity contribution < 1.29 is 0 Å². The van der Waals surface area contributed by atoms with Crippen molar-refractivity contribution in [1.82, 2.24) is 14.9 Å². The minimum absolute atomic E-state index is 0.344. The second-order valence-electron chi connectivity index (χ2n) is 7.35. The number of hydrogen-bond donors (Lipinski definition) is 1. The van der Waals surface area contributed by atoms with Crippen molar-refractivity contribution in [2.75, 3.05) is 43.9 Å². The van der Waals surface area contributed by atoms with Gasteiger partial charge < -0.3 is 15.1 Å². The average Bonchev–Trinajstić information content (AvgIpc) is 2.87. The summed E-state index contributed by atoms with van der Waals surface area (Å²) in [5.41, 5.74) is 0.344. The maximum absolute atomic E-state index is 4.43. The molecule has 5 nitrogen and oxygen atoms in total. The van der Waals surface area contributed by atoms with Gasteiger partial charge in [0.1, 0.15) is 18.0 Å². The molecule has 0 unspecified atom stereocenters. The van der Waals surface area contributed by atoms with Gasteiger partial charge in [-0.25, -0.2) is 9.97 Å². The fourth-order valence-corrected chi connectivity index (χ4v) is 2.55. The molecule has 1 aromatic heterocycles. The van der Waals surface area contributed by atoms with E-state index in [0.717, 1.165) is 37.7 Å². The standard InChI is InChI=1S/C16H29N5/c1-16(2,3)7-8-17-14-10-15(19-12-18-14)21-9-6-13(11-21)20(4)5/h10,12-13H,6-9,11H2,1-5H3,(H,17,18,19)/t13-/m1/s1. The van der Waals surface area contributed by atoms with Gasteiger partial charge in [0.2, 0.25) is 0 Å². The number of nitrogens with zero attached hydrogens (tertiary/aromatic N) is 4. The number of likely N-dealkylation sites (N-methyl/N-ethyl adjacent to an activating group) is 1. The van der Waals surface area contributed by atoms with Gasteiger partial charge in [0.05, 0.1) is 0 Å². The lowest BCUT2D eigenvalue weighted by atomic mass is 9.92. The highest BCUT2D eigenvalue weighted by molar-refractivity contribution is 5.49. The maximum Gasteiger partial charge on any atom is 0.134 e. The zero-order chi connectivity index (χ0) is 15.5. The molecule has 1 fully saturated rings. The smallest absolute Gasteiger partial charge is 0.134 e. The summed E-state index contributed by atoms with van der Waals surface area (Å²) in [5.74, 6) is 1.96. The lowest BCUT2D eigenvalue weighted by Gasteiger charge is -2.21. The summed E-state index contributed by atoms with van der Waals surface area (Å²) >= 11 is 0. The fourth-order valence-electron chi connectivity index (χ4n) is 2.55. The number of aromatic nitrogens is 2. The van der Waals surface area contributed by atoms with Crippen LogP contribution in [-0.2, 0) is 0 Å². The summed E-state index contributed by atoms with van der Waals surface area (Å²) < 4.78 is 0. The molecule has 21 heavy (non-hydrogen) atoms. The van der Waals surface area contributed by atoms with E-state index in [9.17, 15) is 0 Å². The molecule has 1 aromatic rings. The van der Waals surface area contributed by atoms with E-state index in [-0.39, 0.29) is 0 Å². The van der Waals surface area contributed by atoms with Crippen LogP contribution in [0.2, 0.25) is 0 Å². The van der Waals surface area contributed by atoms with Gasteiger partial charge >= 0.3 is 0 Å². The first-order chi connectivity index (χ1) is 9.85. The normalized spacial score (nSPS) is 19.3. The van der Waals surface area contributed by atoms with Gasteiger partial charge in [-0.15, -0.1) is 0 Å². The molecule has 0 spiro atoms. The van der Waals surface area contributed by atoms with Crippen LogP contribution in [0.1, 0.15) is 33.6 Å². The van der Waals surface area contributed by atoms with Crippen LogP contribution >= 0.6 is 0 Å². The molecule has 2 rings (SSSR count). The highest BCUT2D eigenvalue weighted by Gasteiger charge is 2.25. The number of hydrogen-bond acceptors (Lipinski definition) is 5. The van der Waals surface area contributed by atoms with Gasteiger partial charge in [-0.3, -0.25) is 0 Å². The summed E-state index contributed by atoms with van der Waals surface area (Å²) in [5, 5.41) is 3.41. The van der Waals surface area contributed by atoms with Crippen LogP contribution < -0.4 is 10.2 Å². The molecule has 0 aliphatic carbocycles. The lowest BCUT2D eigenvalue weighted by molar-refractivity contribution is 0.315. The van der Waals surface area contributed by atoms with Crippen molar-refractivity contribution in [1.29, 1.82) is 0 Å². The molecule has 1 aliphatic rings. The van der Waals surface area contributed by atoms with Crippen LogP contribution in [0.3, 0.4) is 0 Å². The molecule has 5 heteroatoms. The van der Waals surface area contributed by atoms with Crippen LogP contribution in [0.4, 0.5) is 11.6 Å². The Balaban J connectivity index is 1.92. The van der Waals surface area contributed by atoms with E-state index in [1.807, 2.05) is 0 Å². The van der Waals surface area contributed by atoms with Crippen LogP contribution in [0, 0.1) is 5.41 Å². The average molecular weight is 291 g/mol. The van der Waals surface area contributed by atoms with E-state index >= 15 is 0 Å². The summed E-state index contributed by atoms with van der Waals surface area (Å²) in [6, 6.07) is 2.69. The Morgan fingerprint density at radius 1 is 1.33 bits per heavy atom. The van der Waals surface area contributed by atoms with Crippen LogP contribution in [0.5, 0.6) is 0 Å². The second-order valence-corrected chi connectivity index (χ2v) is 7.35. The van der Waals surface area contributed by atoms with Crippen molar-refractivity contribution in [2.45, 2.75) is 39.7 Å². The number of anilines is 2. The molecule has 0 saturated carbocycles. The van der Waals surface area contributed by atoms with Gasteiger partial charge in [-0.1, -0.05) is 20.8 Å². The third kappa shape index (κ3) is 4.84. The molecular formula is C16H29N5. The van der Waals surface area contributed by atoms with Crippen molar-refractivity contribution >= 4 is 11.6 Å². The summed E-state index contributed by atoms with van der Waals surface area (Å²) in [4.78, 5) is 13.4. The number of rotatable bonds is 5. The first-order valence-corrected chi connectivity index (χ1v) is 7.82. The zero-order valence-corrected chi connectivity index (χ0v) is 14.1. The maximum atomic E-state index is 4.43. The van der Waals surface area contributed by atoms with E-state index in [2.05, 4.69) is 66.0 Å². The SMILES string of the molecule is CN(C)[C@@H]1CCN(c2cc(NCCC(C)(C)C)ncn2)C1. The summed E-state index contributed by atoms with van der Waals surface area (Å²) in [6.45, 7) is 9.83. The highest BCUT2D eigenvalue weighted by Crippen LogP contribution is 2.22. The minimum atomic E-state index is 0.344. The topological polar surface area (TPSA) is 44.3 Å². The van der Waals surface area contributed by atoms with Crippen LogP contribution in [0.15, 0.2) is 12.4 Å². The molecule has 1 aliphatic heterocycles. The van der Waals surface area contributed by atoms with Crippen LogP contribution in [-0.4, -0.2) is 54.6 Å². The van der Waals surface area contributed by atoms with Gasteiger partial charge in [0.25, 0.3) is 0 Å². The Kier molecular flexibility index (Phi) is 5.04. The van der Waals surface area contributed by atoms with Crippen molar-refractivity contribution in [3.05, 3.63) is 12.4 Å². The van der Waals surface area contributed by atoms with E-state index in [1.54, 1.807) is 6.33 Å². The van der Waals surface area contributed by atoms with E-state index < -0.39 is 0 Å². The monoisotopic (exact) mass is 291 g/mol. The van der Waals surface area contributed by atoms with E-state index in [0.29, 0.717) is 11.5 Å². The first kappa shape index (κ1) is 16.0. The van der Waals surface area contributed by atoms with Gasteiger partial charge in [-0.05, 0) is 32.4 Å². The molecule has 1 atom stereocenters. The Labute approximate surface area is 128 Å². The van der Waals surface area contributed by atoms with Crippen molar-refractivity contribution in [3.63, 3.8) is 0 Å². The highest BCUT2D eigenvalue weighted by atomic mass is 15.3. The molecular weight excluding hydrogens is 262 g/mol.